The molecule has 23 heavy (non-hydrogen) atoms. The van der Waals surface area contributed by atoms with E-state index >= 15 is 0 Å². The molecule has 2 aliphatic heterocycles. The van der Waals surface area contributed by atoms with E-state index in [9.17, 15) is 9.90 Å². The van der Waals surface area contributed by atoms with Crippen molar-refractivity contribution in [3.63, 3.8) is 0 Å². The van der Waals surface area contributed by atoms with Gasteiger partial charge in [0.05, 0.1) is 12.0 Å². The predicted molar refractivity (Wildman–Crippen MR) is 90.3 cm³/mol. The van der Waals surface area contributed by atoms with Gasteiger partial charge in [-0.05, 0) is 47.9 Å². The van der Waals surface area contributed by atoms with Crippen LogP contribution in [0.3, 0.4) is 0 Å². The summed E-state index contributed by atoms with van der Waals surface area (Å²) in [6.07, 6.45) is 10.7. The zero-order chi connectivity index (χ0) is 15.7. The number of anilines is 1. The Balaban J connectivity index is 1.78. The van der Waals surface area contributed by atoms with Gasteiger partial charge in [-0.1, -0.05) is 40.2 Å². The van der Waals surface area contributed by atoms with Gasteiger partial charge in [0.25, 0.3) is 0 Å². The number of rotatable bonds is 1. The monoisotopic (exact) mass is 370 g/mol. The number of hydrogen-bond acceptors (Lipinski definition) is 3. The van der Waals surface area contributed by atoms with E-state index in [0.29, 0.717) is 11.8 Å². The summed E-state index contributed by atoms with van der Waals surface area (Å²) in [6.45, 7) is 0.821. The van der Waals surface area contributed by atoms with E-state index in [1.807, 2.05) is 0 Å². The fourth-order valence-corrected chi connectivity index (χ4v) is 5.69. The number of aliphatic carboxylic acids is 1. The largest absolute Gasteiger partial charge is 0.548 e. The third kappa shape index (κ3) is 1.78. The van der Waals surface area contributed by atoms with Gasteiger partial charge < -0.3 is 14.8 Å². The van der Waals surface area contributed by atoms with Crippen molar-refractivity contribution in [3.05, 3.63) is 52.0 Å². The molecule has 118 valence electrons. The Kier molecular flexibility index (Phi) is 2.85. The average Bonchev–Trinajstić information content (AvgIpc) is 3.15. The minimum Gasteiger partial charge on any atom is -0.548 e. The SMILES string of the molecule is O=C([O-])[C@@H]1[C@H]2CC=C[C@@H]2c2cc(Br)cc3c2N1C[C@H]1CC=C[C@@H]31. The Morgan fingerprint density at radius 2 is 1.83 bits per heavy atom. The first-order valence-electron chi connectivity index (χ1n) is 8.29. The second-order valence-electron chi connectivity index (χ2n) is 7.15. The highest BCUT2D eigenvalue weighted by Crippen LogP contribution is 2.55. The van der Waals surface area contributed by atoms with Crippen LogP contribution in [0.15, 0.2) is 40.9 Å². The van der Waals surface area contributed by atoms with Crippen LogP contribution < -0.4 is 10.0 Å². The van der Waals surface area contributed by atoms with E-state index in [-0.39, 0.29) is 11.8 Å². The highest BCUT2D eigenvalue weighted by atomic mass is 79.9. The van der Waals surface area contributed by atoms with Crippen LogP contribution in [0, 0.1) is 11.8 Å². The Labute approximate surface area is 143 Å². The van der Waals surface area contributed by atoms with Gasteiger partial charge in [-0.25, -0.2) is 0 Å². The number of carbonyl (C=O) groups is 1. The number of hydrogen-bond donors (Lipinski definition) is 0. The van der Waals surface area contributed by atoms with Crippen LogP contribution in [-0.4, -0.2) is 18.6 Å². The maximum absolute atomic E-state index is 12.0. The quantitative estimate of drug-likeness (QED) is 0.713. The van der Waals surface area contributed by atoms with Crippen molar-refractivity contribution in [2.75, 3.05) is 11.4 Å². The summed E-state index contributed by atoms with van der Waals surface area (Å²) in [5.41, 5.74) is 3.72. The maximum Gasteiger partial charge on any atom is 0.0727 e. The fraction of sp³-hybridized carbons (Fsp3) is 0.421. The number of carbonyl (C=O) groups excluding carboxylic acids is 1. The molecule has 0 saturated carbocycles. The Hall–Kier alpha value is -1.55. The molecule has 0 unspecified atom stereocenters. The first-order chi connectivity index (χ1) is 11.1. The van der Waals surface area contributed by atoms with Gasteiger partial charge in [-0.2, -0.15) is 0 Å². The molecule has 0 N–H and O–H groups in total. The summed E-state index contributed by atoms with van der Waals surface area (Å²) in [7, 11) is 0. The zero-order valence-electron chi connectivity index (χ0n) is 12.6. The second-order valence-corrected chi connectivity index (χ2v) is 8.07. The van der Waals surface area contributed by atoms with Crippen LogP contribution in [0.25, 0.3) is 0 Å². The highest BCUT2D eigenvalue weighted by molar-refractivity contribution is 9.10. The van der Waals surface area contributed by atoms with Crippen LogP contribution in [-0.2, 0) is 4.79 Å². The molecule has 0 amide bonds. The molecular formula is C19H17BrNO2-. The third-order valence-electron chi connectivity index (χ3n) is 6.06. The molecule has 1 aromatic rings. The van der Waals surface area contributed by atoms with Crippen molar-refractivity contribution in [1.82, 2.24) is 0 Å². The molecule has 2 heterocycles. The first kappa shape index (κ1) is 13.8. The summed E-state index contributed by atoms with van der Waals surface area (Å²) in [4.78, 5) is 14.1. The molecule has 0 fully saturated rings. The van der Waals surface area contributed by atoms with E-state index in [4.69, 9.17) is 0 Å². The second kappa shape index (κ2) is 4.73. The van der Waals surface area contributed by atoms with Crippen LogP contribution in [0.2, 0.25) is 0 Å². The van der Waals surface area contributed by atoms with Crippen LogP contribution in [0.5, 0.6) is 0 Å². The molecule has 1 aromatic carbocycles. The number of benzene rings is 1. The molecule has 5 atom stereocenters. The molecule has 3 nitrogen and oxygen atoms in total. The van der Waals surface area contributed by atoms with Gasteiger partial charge >= 0.3 is 0 Å². The lowest BCUT2D eigenvalue weighted by Gasteiger charge is -2.51. The summed E-state index contributed by atoms with van der Waals surface area (Å²) >= 11 is 3.67. The molecule has 2 aliphatic carbocycles. The molecule has 0 saturated heterocycles. The van der Waals surface area contributed by atoms with Gasteiger partial charge in [0.2, 0.25) is 0 Å². The van der Waals surface area contributed by atoms with E-state index in [2.05, 4.69) is 57.3 Å². The highest BCUT2D eigenvalue weighted by Gasteiger charge is 2.47. The minimum absolute atomic E-state index is 0.0977. The van der Waals surface area contributed by atoms with E-state index in [0.717, 1.165) is 29.5 Å². The summed E-state index contributed by atoms with van der Waals surface area (Å²) in [5.74, 6) is 0.273. The molecule has 5 rings (SSSR count). The van der Waals surface area contributed by atoms with Gasteiger partial charge in [0.15, 0.2) is 0 Å². The number of halogens is 1. The van der Waals surface area contributed by atoms with Crippen molar-refractivity contribution >= 4 is 27.6 Å². The van der Waals surface area contributed by atoms with Gasteiger partial charge in [-0.3, -0.25) is 0 Å². The fourth-order valence-electron chi connectivity index (χ4n) is 5.19. The zero-order valence-corrected chi connectivity index (χ0v) is 14.2. The maximum atomic E-state index is 12.0. The van der Waals surface area contributed by atoms with Crippen molar-refractivity contribution in [3.8, 4) is 0 Å². The summed E-state index contributed by atoms with van der Waals surface area (Å²) in [6, 6.07) is 3.86. The minimum atomic E-state index is -0.923. The number of carboxylic acids is 1. The van der Waals surface area contributed by atoms with Crippen LogP contribution in [0.1, 0.15) is 35.8 Å². The molecular weight excluding hydrogens is 354 g/mol. The lowest BCUT2D eigenvalue weighted by atomic mass is 9.72. The number of nitrogens with zero attached hydrogens (tertiary/aromatic N) is 1. The van der Waals surface area contributed by atoms with Gasteiger partial charge in [0.1, 0.15) is 0 Å². The Morgan fingerprint density at radius 1 is 1.13 bits per heavy atom. The van der Waals surface area contributed by atoms with E-state index in [1.165, 1.54) is 11.1 Å². The molecule has 0 spiro atoms. The molecule has 0 aromatic heterocycles. The summed E-state index contributed by atoms with van der Waals surface area (Å²) < 4.78 is 1.10. The third-order valence-corrected chi connectivity index (χ3v) is 6.51. The van der Waals surface area contributed by atoms with Crippen molar-refractivity contribution < 1.29 is 9.90 Å². The molecule has 4 heteroatoms. The number of fused-ring (bicyclic) bond motifs is 4. The normalized spacial score (nSPS) is 35.9. The van der Waals surface area contributed by atoms with Gasteiger partial charge in [-0.15, -0.1) is 0 Å². The Bertz CT molecular complexity index is 752. The van der Waals surface area contributed by atoms with Crippen molar-refractivity contribution in [2.45, 2.75) is 30.7 Å². The summed E-state index contributed by atoms with van der Waals surface area (Å²) in [5, 5.41) is 12.0. The lowest BCUT2D eigenvalue weighted by molar-refractivity contribution is -0.309. The molecule has 0 radical (unpaired) electrons. The van der Waals surface area contributed by atoms with Crippen molar-refractivity contribution in [1.29, 1.82) is 0 Å². The van der Waals surface area contributed by atoms with Gasteiger partial charge in [0, 0.05) is 28.5 Å². The molecule has 4 aliphatic rings. The topological polar surface area (TPSA) is 43.4 Å². The standard InChI is InChI=1S/C19H18BrNO2/c20-11-7-15-12-4-1-3-10(12)9-21-17(15)16(8-11)13-5-2-6-14(13)18(21)19(22)23/h1-2,4-5,7-8,10,12-14,18H,3,6,9H2,(H,22,23)/p-1/t10-,12-,13+,14+,18+/m1/s1. The van der Waals surface area contributed by atoms with Crippen LogP contribution in [0.4, 0.5) is 5.69 Å². The van der Waals surface area contributed by atoms with Crippen molar-refractivity contribution in [2.24, 2.45) is 11.8 Å². The average molecular weight is 371 g/mol. The van der Waals surface area contributed by atoms with E-state index < -0.39 is 12.0 Å². The number of carboxylic acid groups (broad SMARTS) is 1. The lowest BCUT2D eigenvalue weighted by Crippen LogP contribution is -2.58. The predicted octanol–water partition coefficient (Wildman–Crippen LogP) is 2.72. The first-order valence-corrected chi connectivity index (χ1v) is 9.08. The number of allylic oxidation sites excluding steroid dienone is 4. The Morgan fingerprint density at radius 3 is 2.61 bits per heavy atom. The smallest absolute Gasteiger partial charge is 0.0727 e. The van der Waals surface area contributed by atoms with E-state index in [1.54, 1.807) is 0 Å². The van der Waals surface area contributed by atoms with Crippen LogP contribution >= 0.6 is 15.9 Å². The molecule has 0 bridgehead atoms.